The summed E-state index contributed by atoms with van der Waals surface area (Å²) >= 11 is 7.34. The lowest BCUT2D eigenvalue weighted by Crippen LogP contribution is -1.91. The van der Waals surface area contributed by atoms with E-state index < -0.39 is 0 Å². The van der Waals surface area contributed by atoms with Crippen molar-refractivity contribution in [1.29, 1.82) is 0 Å². The summed E-state index contributed by atoms with van der Waals surface area (Å²) in [5, 5.41) is 5.17. The van der Waals surface area contributed by atoms with Crippen LogP contribution in [0.2, 0.25) is 0 Å². The number of aromatic nitrogens is 3. The minimum absolute atomic E-state index is 0.704. The zero-order valence-corrected chi connectivity index (χ0v) is 9.13. The minimum atomic E-state index is 0.704. The lowest BCUT2D eigenvalue weighted by molar-refractivity contribution is 0.916. The monoisotopic (exact) mass is 227 g/mol. The highest BCUT2D eigenvalue weighted by atomic mass is 35.5. The van der Waals surface area contributed by atoms with Gasteiger partial charge in [0, 0.05) is 24.0 Å². The van der Waals surface area contributed by atoms with Gasteiger partial charge in [0.1, 0.15) is 5.03 Å². The first kappa shape index (κ1) is 9.80. The van der Waals surface area contributed by atoms with Crippen molar-refractivity contribution < 1.29 is 0 Å². The Kier molecular flexibility index (Phi) is 3.26. The van der Waals surface area contributed by atoms with Crippen LogP contribution in [0, 0.1) is 0 Å². The predicted molar refractivity (Wildman–Crippen MR) is 59.0 cm³/mol. The summed E-state index contributed by atoms with van der Waals surface area (Å²) in [6, 6.07) is 1.97. The van der Waals surface area contributed by atoms with Gasteiger partial charge in [-0.25, -0.2) is 9.50 Å². The summed E-state index contributed by atoms with van der Waals surface area (Å²) in [6.45, 7) is 0. The van der Waals surface area contributed by atoms with Gasteiger partial charge in [0.2, 0.25) is 0 Å². The maximum atomic E-state index is 5.61. The van der Waals surface area contributed by atoms with Gasteiger partial charge in [-0.15, -0.1) is 23.4 Å². The molecule has 0 aliphatic carbocycles. The van der Waals surface area contributed by atoms with Gasteiger partial charge in [-0.1, -0.05) is 0 Å². The van der Waals surface area contributed by atoms with Gasteiger partial charge in [-0.2, -0.15) is 5.10 Å². The van der Waals surface area contributed by atoms with Crippen LogP contribution in [0.25, 0.3) is 5.52 Å². The predicted octanol–water partition coefficient (Wildman–Crippen LogP) is 2.45. The second-order valence-electron chi connectivity index (χ2n) is 2.78. The molecular formula is C9H10ClN3S. The second kappa shape index (κ2) is 4.66. The van der Waals surface area contributed by atoms with Crippen molar-refractivity contribution in [1.82, 2.24) is 14.6 Å². The average Bonchev–Trinajstić information content (AvgIpc) is 2.67. The van der Waals surface area contributed by atoms with E-state index >= 15 is 0 Å². The Morgan fingerprint density at radius 1 is 1.43 bits per heavy atom. The van der Waals surface area contributed by atoms with Gasteiger partial charge in [0.15, 0.2) is 0 Å². The normalized spacial score (nSPS) is 10.9. The molecule has 2 aromatic heterocycles. The van der Waals surface area contributed by atoms with E-state index in [4.69, 9.17) is 11.6 Å². The molecule has 0 unspecified atom stereocenters. The Bertz CT molecular complexity index is 415. The number of halogens is 1. The molecule has 0 aliphatic heterocycles. The molecule has 74 valence electrons. The summed E-state index contributed by atoms with van der Waals surface area (Å²) < 4.78 is 1.83. The quantitative estimate of drug-likeness (QED) is 0.457. The molecule has 0 amide bonds. The van der Waals surface area contributed by atoms with Gasteiger partial charge in [-0.05, 0) is 12.5 Å². The Labute approximate surface area is 91.5 Å². The van der Waals surface area contributed by atoms with Crippen LogP contribution in [0.1, 0.15) is 6.42 Å². The zero-order chi connectivity index (χ0) is 9.80. The molecule has 0 aliphatic rings. The van der Waals surface area contributed by atoms with E-state index in [0.29, 0.717) is 5.88 Å². The van der Waals surface area contributed by atoms with Crippen molar-refractivity contribution in [3.63, 3.8) is 0 Å². The smallest absolute Gasteiger partial charge is 0.122 e. The van der Waals surface area contributed by atoms with Crippen LogP contribution in [0.5, 0.6) is 0 Å². The standard InChI is InChI=1S/C9H10ClN3S/c10-3-1-7-14-9-8-2-4-12-13(8)6-5-11-9/h2,4-6H,1,3,7H2. The van der Waals surface area contributed by atoms with Crippen LogP contribution in [0.3, 0.4) is 0 Å². The number of fused-ring (bicyclic) bond motifs is 1. The van der Waals surface area contributed by atoms with E-state index in [-0.39, 0.29) is 0 Å². The molecule has 3 nitrogen and oxygen atoms in total. The zero-order valence-electron chi connectivity index (χ0n) is 7.56. The molecule has 14 heavy (non-hydrogen) atoms. The van der Waals surface area contributed by atoms with E-state index in [0.717, 1.165) is 22.7 Å². The summed E-state index contributed by atoms with van der Waals surface area (Å²) in [4.78, 5) is 4.31. The van der Waals surface area contributed by atoms with Crippen LogP contribution in [0.4, 0.5) is 0 Å². The molecule has 2 aromatic rings. The van der Waals surface area contributed by atoms with Crippen molar-refractivity contribution in [3.8, 4) is 0 Å². The average molecular weight is 228 g/mol. The van der Waals surface area contributed by atoms with Crippen LogP contribution >= 0.6 is 23.4 Å². The molecule has 0 radical (unpaired) electrons. The molecule has 0 bridgehead atoms. The lowest BCUT2D eigenvalue weighted by atomic mass is 10.5. The summed E-state index contributed by atoms with van der Waals surface area (Å²) in [5.74, 6) is 1.71. The molecular weight excluding hydrogens is 218 g/mol. The van der Waals surface area contributed by atoms with Crippen LogP contribution in [-0.2, 0) is 0 Å². The summed E-state index contributed by atoms with van der Waals surface area (Å²) in [6.07, 6.45) is 6.40. The Balaban J connectivity index is 2.19. The molecule has 0 saturated carbocycles. The number of rotatable bonds is 4. The number of nitrogens with zero attached hydrogens (tertiary/aromatic N) is 3. The molecule has 0 N–H and O–H groups in total. The van der Waals surface area contributed by atoms with E-state index in [1.807, 2.05) is 16.8 Å². The topological polar surface area (TPSA) is 30.2 Å². The van der Waals surface area contributed by atoms with Crippen molar-refractivity contribution >= 4 is 28.9 Å². The third kappa shape index (κ3) is 2.01. The fraction of sp³-hybridized carbons (Fsp3) is 0.333. The first-order valence-electron chi connectivity index (χ1n) is 4.39. The first-order valence-corrected chi connectivity index (χ1v) is 5.91. The van der Waals surface area contributed by atoms with E-state index in [2.05, 4.69) is 10.1 Å². The largest absolute Gasteiger partial charge is 0.246 e. The van der Waals surface area contributed by atoms with Crippen molar-refractivity contribution in [2.24, 2.45) is 0 Å². The van der Waals surface area contributed by atoms with Gasteiger partial charge >= 0.3 is 0 Å². The minimum Gasteiger partial charge on any atom is -0.246 e. The van der Waals surface area contributed by atoms with E-state index in [1.54, 1.807) is 24.2 Å². The van der Waals surface area contributed by atoms with Crippen LogP contribution in [0.15, 0.2) is 29.7 Å². The lowest BCUT2D eigenvalue weighted by Gasteiger charge is -2.00. The van der Waals surface area contributed by atoms with E-state index in [9.17, 15) is 0 Å². The Morgan fingerprint density at radius 3 is 3.21 bits per heavy atom. The fourth-order valence-corrected chi connectivity index (χ4v) is 2.39. The number of hydrogen-bond donors (Lipinski definition) is 0. The molecule has 2 rings (SSSR count). The van der Waals surface area contributed by atoms with Crippen molar-refractivity contribution in [2.45, 2.75) is 11.4 Å². The molecule has 5 heteroatoms. The Hall–Kier alpha value is -0.740. The SMILES string of the molecule is ClCCCSc1nccn2nccc12. The van der Waals surface area contributed by atoms with E-state index in [1.165, 1.54) is 0 Å². The molecule has 0 atom stereocenters. The maximum absolute atomic E-state index is 5.61. The van der Waals surface area contributed by atoms with Gasteiger partial charge in [0.25, 0.3) is 0 Å². The van der Waals surface area contributed by atoms with Crippen LogP contribution in [-0.4, -0.2) is 26.2 Å². The highest BCUT2D eigenvalue weighted by Gasteiger charge is 2.02. The number of hydrogen-bond acceptors (Lipinski definition) is 3. The summed E-state index contributed by atoms with van der Waals surface area (Å²) in [7, 11) is 0. The molecule has 0 fully saturated rings. The molecule has 2 heterocycles. The van der Waals surface area contributed by atoms with Crippen LogP contribution < -0.4 is 0 Å². The summed E-state index contributed by atoms with van der Waals surface area (Å²) in [5.41, 5.74) is 1.06. The fourth-order valence-electron chi connectivity index (χ4n) is 1.17. The number of alkyl halides is 1. The highest BCUT2D eigenvalue weighted by molar-refractivity contribution is 7.99. The third-order valence-corrected chi connectivity index (χ3v) is 3.15. The van der Waals surface area contributed by atoms with Crippen molar-refractivity contribution in [2.75, 3.05) is 11.6 Å². The highest BCUT2D eigenvalue weighted by Crippen LogP contribution is 2.21. The second-order valence-corrected chi connectivity index (χ2v) is 4.25. The number of thioether (sulfide) groups is 1. The third-order valence-electron chi connectivity index (χ3n) is 1.81. The van der Waals surface area contributed by atoms with Crippen molar-refractivity contribution in [3.05, 3.63) is 24.7 Å². The first-order chi connectivity index (χ1) is 6.92. The molecule has 0 spiro atoms. The Morgan fingerprint density at radius 2 is 2.36 bits per heavy atom. The van der Waals surface area contributed by atoms with Gasteiger partial charge in [0.05, 0.1) is 11.7 Å². The molecule has 0 aromatic carbocycles. The molecule has 0 saturated heterocycles. The maximum Gasteiger partial charge on any atom is 0.122 e. The van der Waals surface area contributed by atoms with Gasteiger partial charge < -0.3 is 0 Å². The van der Waals surface area contributed by atoms with Gasteiger partial charge in [-0.3, -0.25) is 0 Å².